The number of hydrogen-bond acceptors (Lipinski definition) is 6. The predicted molar refractivity (Wildman–Crippen MR) is 88.5 cm³/mol. The summed E-state index contributed by atoms with van der Waals surface area (Å²) in [5.41, 5.74) is -1.03. The molecular weight excluding hydrogens is 312 g/mol. The first-order valence-corrected chi connectivity index (χ1v) is 8.55. The topological polar surface area (TPSA) is 79.0 Å². The Bertz CT molecular complexity index is 430. The van der Waals surface area contributed by atoms with E-state index in [4.69, 9.17) is 9.47 Å². The highest BCUT2D eigenvalue weighted by Crippen LogP contribution is 2.44. The van der Waals surface area contributed by atoms with Crippen molar-refractivity contribution in [1.29, 1.82) is 0 Å². The van der Waals surface area contributed by atoms with Gasteiger partial charge >= 0.3 is 11.9 Å². The number of hydroxylamine groups is 2. The summed E-state index contributed by atoms with van der Waals surface area (Å²) in [5.74, 6) is -0.722. The Morgan fingerprint density at radius 1 is 1.04 bits per heavy atom. The van der Waals surface area contributed by atoms with Crippen LogP contribution in [0.15, 0.2) is 0 Å². The van der Waals surface area contributed by atoms with Gasteiger partial charge < -0.3 is 9.47 Å². The summed E-state index contributed by atoms with van der Waals surface area (Å²) in [6.45, 7) is 12.2. The van der Waals surface area contributed by atoms with E-state index in [2.05, 4.69) is 0 Å². The lowest BCUT2D eigenvalue weighted by molar-refractivity contribution is -0.248. The second kappa shape index (κ2) is 8.27. The first kappa shape index (κ1) is 20.9. The van der Waals surface area contributed by atoms with Crippen LogP contribution in [0.2, 0.25) is 0 Å². The van der Waals surface area contributed by atoms with E-state index in [-0.39, 0.29) is 30.9 Å². The van der Waals surface area contributed by atoms with Crippen molar-refractivity contribution in [3.05, 3.63) is 0 Å². The van der Waals surface area contributed by atoms with Gasteiger partial charge in [0.2, 0.25) is 0 Å². The zero-order valence-electron chi connectivity index (χ0n) is 15.8. The molecule has 1 unspecified atom stereocenters. The molecular formula is C17H31N2O5. The zero-order chi connectivity index (χ0) is 18.5. The Hall–Kier alpha value is -1.18. The maximum atomic E-state index is 12.5. The maximum absolute atomic E-state index is 12.5. The molecule has 1 saturated heterocycles. The molecule has 0 N–H and O–H groups in total. The normalized spacial score (nSPS) is 22.6. The van der Waals surface area contributed by atoms with Crippen LogP contribution in [0.4, 0.5) is 0 Å². The molecule has 0 aromatic heterocycles. The van der Waals surface area contributed by atoms with Gasteiger partial charge in [-0.25, -0.2) is 0 Å². The monoisotopic (exact) mass is 343 g/mol. The Balaban J connectivity index is 2.83. The molecule has 0 amide bonds. The molecule has 1 fully saturated rings. The molecule has 1 radical (unpaired) electrons. The highest BCUT2D eigenvalue weighted by molar-refractivity contribution is 5.75. The van der Waals surface area contributed by atoms with Crippen molar-refractivity contribution in [2.24, 2.45) is 5.92 Å². The molecule has 0 bridgehead atoms. The first-order chi connectivity index (χ1) is 11.0. The van der Waals surface area contributed by atoms with Crippen LogP contribution < -0.4 is 0 Å². The molecule has 7 nitrogen and oxygen atoms in total. The number of ether oxygens (including phenoxy) is 2. The van der Waals surface area contributed by atoms with Crippen molar-refractivity contribution in [3.63, 3.8) is 0 Å². The van der Waals surface area contributed by atoms with Crippen LogP contribution in [0.25, 0.3) is 0 Å². The summed E-state index contributed by atoms with van der Waals surface area (Å²) in [5, 5.41) is 13.6. The third-order valence-corrected chi connectivity index (χ3v) is 4.61. The molecule has 139 valence electrons. The van der Waals surface area contributed by atoms with E-state index in [1.807, 2.05) is 27.7 Å². The summed E-state index contributed by atoms with van der Waals surface area (Å²) < 4.78 is 9.98. The zero-order valence-corrected chi connectivity index (χ0v) is 15.8. The van der Waals surface area contributed by atoms with Crippen LogP contribution in [-0.2, 0) is 24.3 Å². The van der Waals surface area contributed by atoms with Gasteiger partial charge in [-0.1, -0.05) is 0 Å². The molecule has 1 aliphatic heterocycles. The number of hydrogen-bond donors (Lipinski definition) is 0. The van der Waals surface area contributed by atoms with Gasteiger partial charge in [-0.05, 0) is 53.9 Å². The van der Waals surface area contributed by atoms with Gasteiger partial charge in [-0.2, -0.15) is 0 Å². The van der Waals surface area contributed by atoms with E-state index in [0.29, 0.717) is 26.2 Å². The Kier molecular flexibility index (Phi) is 7.19. The van der Waals surface area contributed by atoms with Gasteiger partial charge in [0.05, 0.1) is 26.3 Å². The van der Waals surface area contributed by atoms with Crippen molar-refractivity contribution < 1.29 is 24.3 Å². The quantitative estimate of drug-likeness (QED) is 0.624. The fourth-order valence-electron chi connectivity index (χ4n) is 3.44. The SMILES string of the molecule is CCOC(=O)CN(CC(=O)OCC)CC1CC(C)(C)N([O])C1(C)C. The van der Waals surface area contributed by atoms with Crippen molar-refractivity contribution in [1.82, 2.24) is 9.96 Å². The van der Waals surface area contributed by atoms with Gasteiger partial charge in [-0.15, -0.1) is 10.3 Å². The van der Waals surface area contributed by atoms with Crippen molar-refractivity contribution in [2.45, 2.75) is 59.0 Å². The van der Waals surface area contributed by atoms with Crippen LogP contribution in [0.5, 0.6) is 0 Å². The van der Waals surface area contributed by atoms with Crippen molar-refractivity contribution in [2.75, 3.05) is 32.8 Å². The van der Waals surface area contributed by atoms with E-state index < -0.39 is 11.1 Å². The number of carbonyl (C=O) groups excluding carboxylic acids is 2. The van der Waals surface area contributed by atoms with Crippen LogP contribution in [0.1, 0.15) is 48.0 Å². The minimum atomic E-state index is -0.564. The molecule has 0 aromatic carbocycles. The summed E-state index contributed by atoms with van der Waals surface area (Å²) in [6.07, 6.45) is 0.700. The highest BCUT2D eigenvalue weighted by atomic mass is 16.5. The molecule has 0 saturated carbocycles. The fourth-order valence-corrected chi connectivity index (χ4v) is 3.44. The standard InChI is InChI=1S/C17H31N2O5/c1-7-23-14(20)11-18(12-15(21)24-8-2)10-13-9-16(3,4)19(22)17(13,5)6/h13H,7-12H2,1-6H3. The molecule has 7 heteroatoms. The molecule has 1 atom stereocenters. The van der Waals surface area contributed by atoms with Crippen molar-refractivity contribution >= 4 is 11.9 Å². The van der Waals surface area contributed by atoms with Crippen LogP contribution in [-0.4, -0.2) is 65.8 Å². The first-order valence-electron chi connectivity index (χ1n) is 8.55. The van der Waals surface area contributed by atoms with E-state index in [1.54, 1.807) is 18.7 Å². The van der Waals surface area contributed by atoms with E-state index in [0.717, 1.165) is 5.06 Å². The Morgan fingerprint density at radius 3 is 1.83 bits per heavy atom. The molecule has 1 aliphatic rings. The fraction of sp³-hybridized carbons (Fsp3) is 0.882. The average molecular weight is 343 g/mol. The number of esters is 2. The van der Waals surface area contributed by atoms with Gasteiger partial charge in [0.1, 0.15) is 0 Å². The Labute approximate surface area is 144 Å². The smallest absolute Gasteiger partial charge is 0.320 e. The van der Waals surface area contributed by atoms with Crippen LogP contribution >= 0.6 is 0 Å². The van der Waals surface area contributed by atoms with Gasteiger partial charge in [-0.3, -0.25) is 14.5 Å². The van der Waals surface area contributed by atoms with E-state index in [1.165, 1.54) is 0 Å². The molecule has 1 heterocycles. The molecule has 0 aromatic rings. The molecule has 0 spiro atoms. The number of rotatable bonds is 8. The van der Waals surface area contributed by atoms with Gasteiger partial charge in [0, 0.05) is 17.6 Å². The van der Waals surface area contributed by atoms with Crippen LogP contribution in [0.3, 0.4) is 0 Å². The molecule has 24 heavy (non-hydrogen) atoms. The average Bonchev–Trinajstić information content (AvgIpc) is 2.59. The molecule has 0 aliphatic carbocycles. The highest BCUT2D eigenvalue weighted by Gasteiger charge is 2.52. The number of nitrogens with zero attached hydrogens (tertiary/aromatic N) is 2. The Morgan fingerprint density at radius 2 is 1.50 bits per heavy atom. The maximum Gasteiger partial charge on any atom is 0.320 e. The summed E-state index contributed by atoms with van der Waals surface area (Å²) >= 11 is 0. The molecule has 1 rings (SSSR count). The van der Waals surface area contributed by atoms with Crippen LogP contribution in [0, 0.1) is 5.92 Å². The van der Waals surface area contributed by atoms with Gasteiger partial charge in [0.15, 0.2) is 0 Å². The lowest BCUT2D eigenvalue weighted by atomic mass is 9.86. The second-order valence-corrected chi connectivity index (χ2v) is 7.44. The summed E-state index contributed by atoms with van der Waals surface area (Å²) in [6, 6.07) is 0. The largest absolute Gasteiger partial charge is 0.465 e. The summed E-state index contributed by atoms with van der Waals surface area (Å²) in [4.78, 5) is 25.4. The lowest BCUT2D eigenvalue weighted by Crippen LogP contribution is -2.49. The predicted octanol–water partition coefficient (Wildman–Crippen LogP) is 1.64. The van der Waals surface area contributed by atoms with E-state index >= 15 is 0 Å². The third kappa shape index (κ3) is 5.16. The summed E-state index contributed by atoms with van der Waals surface area (Å²) in [7, 11) is 0. The lowest BCUT2D eigenvalue weighted by Gasteiger charge is -2.35. The second-order valence-electron chi connectivity index (χ2n) is 7.44. The van der Waals surface area contributed by atoms with Gasteiger partial charge in [0.25, 0.3) is 0 Å². The third-order valence-electron chi connectivity index (χ3n) is 4.61. The van der Waals surface area contributed by atoms with Crippen molar-refractivity contribution in [3.8, 4) is 0 Å². The number of carbonyl (C=O) groups is 2. The minimum Gasteiger partial charge on any atom is -0.465 e. The van der Waals surface area contributed by atoms with E-state index in [9.17, 15) is 14.8 Å². The minimum absolute atomic E-state index is 0.0124.